The van der Waals surface area contributed by atoms with Gasteiger partial charge in [0.2, 0.25) is 0 Å². The second-order valence-electron chi connectivity index (χ2n) is 6.05. The van der Waals surface area contributed by atoms with Crippen molar-refractivity contribution in [2.75, 3.05) is 18.0 Å². The third-order valence-corrected chi connectivity index (χ3v) is 4.76. The van der Waals surface area contributed by atoms with Gasteiger partial charge in [0.25, 0.3) is 0 Å². The molecule has 0 radical (unpaired) electrons. The predicted molar refractivity (Wildman–Crippen MR) is 89.5 cm³/mol. The Morgan fingerprint density at radius 1 is 1.24 bits per heavy atom. The van der Waals surface area contributed by atoms with Crippen LogP contribution < -0.4 is 10.6 Å². The van der Waals surface area contributed by atoms with Gasteiger partial charge in [-0.3, -0.25) is 0 Å². The molecule has 1 fully saturated rings. The van der Waals surface area contributed by atoms with Crippen LogP contribution >= 0.6 is 0 Å². The van der Waals surface area contributed by atoms with E-state index in [4.69, 9.17) is 10.7 Å². The molecule has 3 heteroatoms. The molecule has 3 nitrogen and oxygen atoms in total. The Balaban J connectivity index is 1.93. The highest BCUT2D eigenvalue weighted by atomic mass is 15.2. The topological polar surface area (TPSA) is 42.1 Å². The number of nitrogens with two attached hydrogens (primary N) is 1. The van der Waals surface area contributed by atoms with E-state index in [1.807, 2.05) is 0 Å². The van der Waals surface area contributed by atoms with Crippen molar-refractivity contribution in [3.63, 3.8) is 0 Å². The normalized spacial score (nSPS) is 19.7. The first-order chi connectivity index (χ1) is 10.3. The quantitative estimate of drug-likeness (QED) is 0.933. The van der Waals surface area contributed by atoms with E-state index in [1.165, 1.54) is 36.6 Å². The number of aromatic nitrogens is 1. The van der Waals surface area contributed by atoms with Crippen LogP contribution in [-0.2, 0) is 6.54 Å². The van der Waals surface area contributed by atoms with Crippen LogP contribution in [0.5, 0.6) is 0 Å². The number of pyridine rings is 1. The third-order valence-electron chi connectivity index (χ3n) is 4.76. The predicted octanol–water partition coefficient (Wildman–Crippen LogP) is 3.71. The van der Waals surface area contributed by atoms with E-state index in [0.717, 1.165) is 30.3 Å². The first-order valence-corrected chi connectivity index (χ1v) is 8.15. The van der Waals surface area contributed by atoms with Gasteiger partial charge in [0.05, 0.1) is 5.52 Å². The van der Waals surface area contributed by atoms with Gasteiger partial charge in [0.1, 0.15) is 5.82 Å². The van der Waals surface area contributed by atoms with E-state index in [0.29, 0.717) is 6.54 Å². The number of nitrogens with zero attached hydrogens (tertiary/aromatic N) is 2. The Labute approximate surface area is 127 Å². The fourth-order valence-corrected chi connectivity index (χ4v) is 3.37. The van der Waals surface area contributed by atoms with Crippen LogP contribution in [0.1, 0.15) is 38.2 Å². The van der Waals surface area contributed by atoms with Gasteiger partial charge < -0.3 is 10.6 Å². The van der Waals surface area contributed by atoms with Crippen LogP contribution in [0.25, 0.3) is 10.9 Å². The minimum atomic E-state index is 0.571. The van der Waals surface area contributed by atoms with Gasteiger partial charge in [-0.05, 0) is 42.9 Å². The maximum atomic E-state index is 5.94. The summed E-state index contributed by atoms with van der Waals surface area (Å²) in [7, 11) is 0. The standard InChI is InChI=1S/C18H25N3/c1-2-14-6-5-10-21(11-9-14)18-12-15(13-19)16-7-3-4-8-17(16)20-18/h3-4,7-8,12,14H,2,5-6,9-11,13,19H2,1H3. The van der Waals surface area contributed by atoms with E-state index in [2.05, 4.69) is 42.2 Å². The fourth-order valence-electron chi connectivity index (χ4n) is 3.37. The highest BCUT2D eigenvalue weighted by Gasteiger charge is 2.17. The van der Waals surface area contributed by atoms with Crippen LogP contribution in [0.15, 0.2) is 30.3 Å². The zero-order valence-electron chi connectivity index (χ0n) is 12.9. The number of hydrogen-bond donors (Lipinski definition) is 1. The van der Waals surface area contributed by atoms with Crippen molar-refractivity contribution >= 4 is 16.7 Å². The second kappa shape index (κ2) is 6.44. The highest BCUT2D eigenvalue weighted by molar-refractivity contribution is 5.84. The zero-order chi connectivity index (χ0) is 14.7. The Morgan fingerprint density at radius 2 is 2.10 bits per heavy atom. The highest BCUT2D eigenvalue weighted by Crippen LogP contribution is 2.27. The maximum absolute atomic E-state index is 5.94. The van der Waals surface area contributed by atoms with Gasteiger partial charge in [0, 0.05) is 25.0 Å². The molecule has 2 heterocycles. The molecule has 1 aromatic carbocycles. The van der Waals surface area contributed by atoms with E-state index < -0.39 is 0 Å². The molecule has 112 valence electrons. The number of anilines is 1. The van der Waals surface area contributed by atoms with Crippen molar-refractivity contribution in [1.29, 1.82) is 0 Å². The zero-order valence-corrected chi connectivity index (χ0v) is 12.9. The monoisotopic (exact) mass is 283 g/mol. The van der Waals surface area contributed by atoms with Gasteiger partial charge in [0.15, 0.2) is 0 Å². The molecule has 1 unspecified atom stereocenters. The van der Waals surface area contributed by atoms with Crippen LogP contribution in [0.2, 0.25) is 0 Å². The Hall–Kier alpha value is -1.61. The molecule has 1 aliphatic heterocycles. The molecule has 1 aliphatic rings. The molecule has 3 rings (SSSR count). The SMILES string of the molecule is CCC1CCCN(c2cc(CN)c3ccccc3n2)CC1. The Kier molecular flexibility index (Phi) is 4.39. The van der Waals surface area contributed by atoms with Crippen molar-refractivity contribution in [3.05, 3.63) is 35.9 Å². The Morgan fingerprint density at radius 3 is 2.90 bits per heavy atom. The van der Waals surface area contributed by atoms with Crippen molar-refractivity contribution in [1.82, 2.24) is 4.98 Å². The van der Waals surface area contributed by atoms with Gasteiger partial charge in [-0.2, -0.15) is 0 Å². The molecule has 0 bridgehead atoms. The average molecular weight is 283 g/mol. The lowest BCUT2D eigenvalue weighted by atomic mass is 9.98. The molecular weight excluding hydrogens is 258 g/mol. The molecule has 0 amide bonds. The largest absolute Gasteiger partial charge is 0.357 e. The van der Waals surface area contributed by atoms with Crippen molar-refractivity contribution in [3.8, 4) is 0 Å². The van der Waals surface area contributed by atoms with Gasteiger partial charge in [-0.15, -0.1) is 0 Å². The van der Waals surface area contributed by atoms with E-state index >= 15 is 0 Å². The molecule has 21 heavy (non-hydrogen) atoms. The molecule has 1 saturated heterocycles. The number of fused-ring (bicyclic) bond motifs is 1. The van der Waals surface area contributed by atoms with Crippen molar-refractivity contribution < 1.29 is 0 Å². The summed E-state index contributed by atoms with van der Waals surface area (Å²) in [5, 5.41) is 1.19. The number of hydrogen-bond acceptors (Lipinski definition) is 3. The molecule has 0 spiro atoms. The minimum Gasteiger partial charge on any atom is -0.357 e. The van der Waals surface area contributed by atoms with E-state index in [1.54, 1.807) is 0 Å². The lowest BCUT2D eigenvalue weighted by Gasteiger charge is -2.23. The molecule has 1 aromatic heterocycles. The first-order valence-electron chi connectivity index (χ1n) is 8.15. The number of benzene rings is 1. The first kappa shape index (κ1) is 14.3. The Bertz CT molecular complexity index is 608. The van der Waals surface area contributed by atoms with E-state index in [9.17, 15) is 0 Å². The number of rotatable bonds is 3. The second-order valence-corrected chi connectivity index (χ2v) is 6.05. The molecule has 0 aliphatic carbocycles. The summed E-state index contributed by atoms with van der Waals surface area (Å²) >= 11 is 0. The summed E-state index contributed by atoms with van der Waals surface area (Å²) in [6.07, 6.45) is 5.20. The summed E-state index contributed by atoms with van der Waals surface area (Å²) < 4.78 is 0. The molecule has 2 aromatic rings. The number of para-hydroxylation sites is 1. The van der Waals surface area contributed by atoms with Gasteiger partial charge >= 0.3 is 0 Å². The summed E-state index contributed by atoms with van der Waals surface area (Å²) in [6.45, 7) is 5.11. The molecular formula is C18H25N3. The summed E-state index contributed by atoms with van der Waals surface area (Å²) in [5.41, 5.74) is 8.21. The van der Waals surface area contributed by atoms with Crippen molar-refractivity contribution in [2.24, 2.45) is 11.7 Å². The lowest BCUT2D eigenvalue weighted by Crippen LogP contribution is -2.25. The minimum absolute atomic E-state index is 0.571. The third kappa shape index (κ3) is 3.03. The van der Waals surface area contributed by atoms with Crippen LogP contribution in [0.4, 0.5) is 5.82 Å². The maximum Gasteiger partial charge on any atom is 0.129 e. The smallest absolute Gasteiger partial charge is 0.129 e. The van der Waals surface area contributed by atoms with Crippen molar-refractivity contribution in [2.45, 2.75) is 39.2 Å². The van der Waals surface area contributed by atoms with Gasteiger partial charge in [-0.25, -0.2) is 4.98 Å². The lowest BCUT2D eigenvalue weighted by molar-refractivity contribution is 0.459. The van der Waals surface area contributed by atoms with Crippen LogP contribution in [0.3, 0.4) is 0 Å². The summed E-state index contributed by atoms with van der Waals surface area (Å²) in [6, 6.07) is 10.5. The van der Waals surface area contributed by atoms with Crippen LogP contribution in [0, 0.1) is 5.92 Å². The fraction of sp³-hybridized carbons (Fsp3) is 0.500. The molecule has 0 saturated carbocycles. The van der Waals surface area contributed by atoms with Crippen LogP contribution in [-0.4, -0.2) is 18.1 Å². The molecule has 1 atom stereocenters. The van der Waals surface area contributed by atoms with E-state index in [-0.39, 0.29) is 0 Å². The summed E-state index contributed by atoms with van der Waals surface area (Å²) in [5.74, 6) is 1.98. The average Bonchev–Trinajstić information content (AvgIpc) is 2.79. The van der Waals surface area contributed by atoms with Gasteiger partial charge in [-0.1, -0.05) is 31.5 Å². The summed E-state index contributed by atoms with van der Waals surface area (Å²) in [4.78, 5) is 7.32. The molecule has 2 N–H and O–H groups in total.